The molecule has 2 fully saturated rings. The van der Waals surface area contributed by atoms with E-state index in [2.05, 4.69) is 0 Å². The Kier molecular flexibility index (Phi) is 4.71. The molecule has 30 heavy (non-hydrogen) atoms. The van der Waals surface area contributed by atoms with Crippen molar-refractivity contribution >= 4 is 12.5 Å². The van der Waals surface area contributed by atoms with Gasteiger partial charge in [-0.2, -0.15) is 13.2 Å². The molecule has 2 nitrogen and oxygen atoms in total. The first-order chi connectivity index (χ1) is 14.5. The van der Waals surface area contributed by atoms with E-state index in [1.54, 1.807) is 12.1 Å². The zero-order valence-corrected chi connectivity index (χ0v) is 16.4. The highest BCUT2D eigenvalue weighted by Crippen LogP contribution is 2.42. The molecule has 0 amide bonds. The maximum atomic E-state index is 13.8. The van der Waals surface area contributed by atoms with Crippen LogP contribution in [0.3, 0.4) is 0 Å². The second-order valence-electron chi connectivity index (χ2n) is 8.07. The highest BCUT2D eigenvalue weighted by molar-refractivity contribution is 6.60. The number of rotatable bonds is 3. The van der Waals surface area contributed by atoms with Crippen molar-refractivity contribution in [3.05, 3.63) is 102 Å². The standard InChI is InChI=1S/C24H21BF3NO/c26-24(27,28)20-14-7-8-15-21(20)25-29-17-9-16-22(29)23(30-25,18-10-3-1-4-11-18)19-12-5-2-6-13-19/h1-8,10-15,22H,9,16-17H2/p+1/t22-/m0/s1. The van der Waals surface area contributed by atoms with Crippen LogP contribution < -0.4 is 10.3 Å². The fourth-order valence-electron chi connectivity index (χ4n) is 5.32. The number of hydrogen-bond acceptors (Lipinski definition) is 1. The number of benzene rings is 3. The fourth-order valence-corrected chi connectivity index (χ4v) is 5.32. The fraction of sp³-hybridized carbons (Fsp3) is 0.250. The molecule has 2 saturated heterocycles. The molecule has 6 heteroatoms. The average molecular weight is 408 g/mol. The van der Waals surface area contributed by atoms with Gasteiger partial charge in [0.2, 0.25) is 0 Å². The van der Waals surface area contributed by atoms with Crippen LogP contribution in [-0.4, -0.2) is 19.6 Å². The summed E-state index contributed by atoms with van der Waals surface area (Å²) in [4.78, 5) is 1.08. The quantitative estimate of drug-likeness (QED) is 0.656. The zero-order chi connectivity index (χ0) is 20.8. The first-order valence-corrected chi connectivity index (χ1v) is 10.3. The van der Waals surface area contributed by atoms with E-state index in [1.807, 2.05) is 60.7 Å². The van der Waals surface area contributed by atoms with E-state index in [0.29, 0.717) is 0 Å². The van der Waals surface area contributed by atoms with Crippen molar-refractivity contribution in [3.8, 4) is 0 Å². The van der Waals surface area contributed by atoms with E-state index in [-0.39, 0.29) is 11.5 Å². The highest BCUT2D eigenvalue weighted by atomic mass is 19.4. The van der Waals surface area contributed by atoms with Gasteiger partial charge in [0, 0.05) is 18.3 Å². The Morgan fingerprint density at radius 3 is 2.00 bits per heavy atom. The molecule has 0 saturated carbocycles. The molecule has 0 spiro atoms. The molecule has 1 unspecified atom stereocenters. The maximum absolute atomic E-state index is 13.8. The summed E-state index contributed by atoms with van der Waals surface area (Å²) in [5, 5.41) is 0. The predicted molar refractivity (Wildman–Crippen MR) is 110 cm³/mol. The maximum Gasteiger partial charge on any atom is 0.611 e. The van der Waals surface area contributed by atoms with Crippen LogP contribution in [0.4, 0.5) is 13.2 Å². The van der Waals surface area contributed by atoms with Gasteiger partial charge in [-0.05, 0) is 11.1 Å². The molecule has 0 radical (unpaired) electrons. The Labute approximate surface area is 174 Å². The molecule has 5 rings (SSSR count). The number of fused-ring (bicyclic) bond motifs is 1. The predicted octanol–water partition coefficient (Wildman–Crippen LogP) is 3.42. The third-order valence-corrected chi connectivity index (χ3v) is 6.49. The van der Waals surface area contributed by atoms with Gasteiger partial charge in [0.15, 0.2) is 5.60 Å². The topological polar surface area (TPSA) is 13.7 Å². The molecule has 0 aromatic heterocycles. The Morgan fingerprint density at radius 2 is 1.40 bits per heavy atom. The summed E-state index contributed by atoms with van der Waals surface area (Å²) >= 11 is 0. The first kappa shape index (κ1) is 19.4. The normalized spacial score (nSPS) is 22.8. The highest BCUT2D eigenvalue weighted by Gasteiger charge is 2.65. The Balaban J connectivity index is 1.70. The minimum absolute atomic E-state index is 0.0496. The van der Waals surface area contributed by atoms with E-state index < -0.39 is 24.4 Å². The molecule has 0 aliphatic carbocycles. The summed E-state index contributed by atoms with van der Waals surface area (Å²) in [5.74, 6) is 0. The first-order valence-electron chi connectivity index (χ1n) is 10.3. The van der Waals surface area contributed by atoms with E-state index in [0.717, 1.165) is 41.4 Å². The molecule has 3 aromatic rings. The SMILES string of the molecule is FC(F)(F)c1ccccc1B1OC(c2ccccc2)(c2ccccc2)[C@@H]2CCC[NH+]12. The molecule has 1 N–H and O–H groups in total. The molecule has 2 heterocycles. The largest absolute Gasteiger partial charge is 0.611 e. The average Bonchev–Trinajstić information content (AvgIpc) is 3.37. The number of quaternary nitrogens is 1. The minimum Gasteiger partial charge on any atom is -0.368 e. The lowest BCUT2D eigenvalue weighted by Crippen LogP contribution is -3.19. The van der Waals surface area contributed by atoms with Crippen molar-refractivity contribution in [3.63, 3.8) is 0 Å². The number of nitrogens with one attached hydrogen (secondary N) is 1. The van der Waals surface area contributed by atoms with E-state index in [1.165, 1.54) is 6.07 Å². The molecular weight excluding hydrogens is 386 g/mol. The van der Waals surface area contributed by atoms with Crippen LogP contribution in [0.1, 0.15) is 29.5 Å². The van der Waals surface area contributed by atoms with Gasteiger partial charge in [-0.3, -0.25) is 0 Å². The van der Waals surface area contributed by atoms with E-state index in [4.69, 9.17) is 4.65 Å². The lowest BCUT2D eigenvalue weighted by atomic mass is 9.69. The summed E-state index contributed by atoms with van der Waals surface area (Å²) in [6.07, 6.45) is -2.54. The van der Waals surface area contributed by atoms with Crippen molar-refractivity contribution in [1.29, 1.82) is 0 Å². The summed E-state index contributed by atoms with van der Waals surface area (Å²) in [7, 11) is -0.671. The molecule has 2 atom stereocenters. The van der Waals surface area contributed by atoms with Crippen LogP contribution >= 0.6 is 0 Å². The molecule has 2 aliphatic heterocycles. The zero-order valence-electron chi connectivity index (χ0n) is 16.4. The molecule has 152 valence electrons. The van der Waals surface area contributed by atoms with Gasteiger partial charge in [-0.1, -0.05) is 84.9 Å². The lowest BCUT2D eigenvalue weighted by molar-refractivity contribution is -0.799. The van der Waals surface area contributed by atoms with Crippen molar-refractivity contribution in [2.75, 3.05) is 6.54 Å². The number of alkyl halides is 3. The summed E-state index contributed by atoms with van der Waals surface area (Å²) in [5.41, 5.74) is 0.823. The molecule has 3 aromatic carbocycles. The summed E-state index contributed by atoms with van der Waals surface area (Å²) in [6.45, 7) is 0.795. The lowest BCUT2D eigenvalue weighted by Gasteiger charge is -2.33. The van der Waals surface area contributed by atoms with E-state index >= 15 is 0 Å². The van der Waals surface area contributed by atoms with Crippen LogP contribution in [0.15, 0.2) is 84.9 Å². The molecule has 0 bridgehead atoms. The smallest absolute Gasteiger partial charge is 0.368 e. The van der Waals surface area contributed by atoms with Crippen LogP contribution in [0.25, 0.3) is 0 Å². The Bertz CT molecular complexity index is 986. The minimum atomic E-state index is -4.42. The van der Waals surface area contributed by atoms with Crippen LogP contribution in [-0.2, 0) is 16.4 Å². The summed E-state index contributed by atoms with van der Waals surface area (Å²) < 4.78 is 48.2. The van der Waals surface area contributed by atoms with Crippen LogP contribution in [0, 0.1) is 0 Å². The molecular formula is C24H22BF3NO+. The van der Waals surface area contributed by atoms with Gasteiger partial charge in [0.1, 0.15) is 6.04 Å². The van der Waals surface area contributed by atoms with Crippen LogP contribution in [0.2, 0.25) is 0 Å². The van der Waals surface area contributed by atoms with Gasteiger partial charge < -0.3 is 9.47 Å². The third kappa shape index (κ3) is 2.98. The molecule has 2 aliphatic rings. The number of halogens is 3. The van der Waals surface area contributed by atoms with Crippen molar-refractivity contribution in [2.45, 2.75) is 30.7 Å². The second kappa shape index (κ2) is 7.29. The number of hydrogen-bond donors (Lipinski definition) is 1. The van der Waals surface area contributed by atoms with Gasteiger partial charge in [-0.25, -0.2) is 0 Å². The van der Waals surface area contributed by atoms with Crippen molar-refractivity contribution in [2.24, 2.45) is 0 Å². The van der Waals surface area contributed by atoms with Gasteiger partial charge in [0.05, 0.1) is 12.1 Å². The summed E-state index contributed by atoms with van der Waals surface area (Å²) in [6, 6.07) is 25.8. The van der Waals surface area contributed by atoms with E-state index in [9.17, 15) is 13.2 Å². The Hall–Kier alpha value is -2.57. The van der Waals surface area contributed by atoms with Gasteiger partial charge >= 0.3 is 13.2 Å². The van der Waals surface area contributed by atoms with Crippen molar-refractivity contribution in [1.82, 2.24) is 0 Å². The monoisotopic (exact) mass is 408 g/mol. The van der Waals surface area contributed by atoms with Crippen molar-refractivity contribution < 1.29 is 22.6 Å². The second-order valence-corrected chi connectivity index (χ2v) is 8.07. The van der Waals surface area contributed by atoms with Crippen LogP contribution in [0.5, 0.6) is 0 Å². The van der Waals surface area contributed by atoms with Gasteiger partial charge in [0.25, 0.3) is 0 Å². The van der Waals surface area contributed by atoms with Gasteiger partial charge in [-0.15, -0.1) is 0 Å². The third-order valence-electron chi connectivity index (χ3n) is 6.49. The Morgan fingerprint density at radius 1 is 0.833 bits per heavy atom.